The quantitative estimate of drug-likeness (QED) is 0.647. The average Bonchev–Trinajstić information content (AvgIpc) is 2.46. The van der Waals surface area contributed by atoms with E-state index in [9.17, 15) is 14.5 Å². The van der Waals surface area contributed by atoms with Crippen LogP contribution in [0.25, 0.3) is 0 Å². The van der Waals surface area contributed by atoms with Gasteiger partial charge in [0.1, 0.15) is 5.82 Å². The Hall–Kier alpha value is -1.53. The topological polar surface area (TPSA) is 64.4 Å². The summed E-state index contributed by atoms with van der Waals surface area (Å²) in [4.78, 5) is 10.4. The number of rotatable bonds is 6. The number of benzene rings is 1. The average molecular weight is 296 g/mol. The van der Waals surface area contributed by atoms with Crippen molar-refractivity contribution in [3.05, 3.63) is 39.7 Å². The Kier molecular flexibility index (Phi) is 5.64. The van der Waals surface area contributed by atoms with Crippen LogP contribution in [0.4, 0.5) is 10.1 Å². The maximum Gasteiger partial charge on any atom is 0.275 e. The van der Waals surface area contributed by atoms with Crippen LogP contribution in [-0.4, -0.2) is 23.6 Å². The van der Waals surface area contributed by atoms with Crippen molar-refractivity contribution in [1.29, 1.82) is 0 Å². The van der Waals surface area contributed by atoms with Crippen LogP contribution in [-0.2, 0) is 11.3 Å². The van der Waals surface area contributed by atoms with Crippen LogP contribution < -0.4 is 5.32 Å². The number of nitrogens with zero attached hydrogens (tertiary/aromatic N) is 1. The SMILES string of the molecule is CCNC1CCC(OCc2cc(F)ccc2[N+](=O)[O-])CC1. The highest BCUT2D eigenvalue weighted by Crippen LogP contribution is 2.25. The second-order valence-electron chi connectivity index (χ2n) is 5.37. The van der Waals surface area contributed by atoms with Gasteiger partial charge in [-0.1, -0.05) is 6.92 Å². The lowest BCUT2D eigenvalue weighted by atomic mass is 9.93. The lowest BCUT2D eigenvalue weighted by molar-refractivity contribution is -0.386. The third-order valence-electron chi connectivity index (χ3n) is 3.88. The van der Waals surface area contributed by atoms with Crippen molar-refractivity contribution in [1.82, 2.24) is 5.32 Å². The Morgan fingerprint density at radius 3 is 2.71 bits per heavy atom. The number of nitro benzene ring substituents is 1. The molecular formula is C15H21FN2O3. The van der Waals surface area contributed by atoms with Crippen molar-refractivity contribution >= 4 is 5.69 Å². The summed E-state index contributed by atoms with van der Waals surface area (Å²) in [6, 6.07) is 4.01. The third-order valence-corrected chi connectivity index (χ3v) is 3.88. The number of halogens is 1. The predicted molar refractivity (Wildman–Crippen MR) is 77.6 cm³/mol. The Morgan fingerprint density at radius 2 is 2.10 bits per heavy atom. The van der Waals surface area contributed by atoms with Gasteiger partial charge in [0.25, 0.3) is 5.69 Å². The molecule has 0 heterocycles. The van der Waals surface area contributed by atoms with Gasteiger partial charge in [-0.15, -0.1) is 0 Å². The number of nitro groups is 1. The molecule has 1 aliphatic rings. The maximum atomic E-state index is 13.2. The zero-order chi connectivity index (χ0) is 15.2. The first-order valence-electron chi connectivity index (χ1n) is 7.38. The van der Waals surface area contributed by atoms with Gasteiger partial charge in [0.2, 0.25) is 0 Å². The second-order valence-corrected chi connectivity index (χ2v) is 5.37. The van der Waals surface area contributed by atoms with Crippen molar-refractivity contribution < 1.29 is 14.1 Å². The highest BCUT2D eigenvalue weighted by atomic mass is 19.1. The standard InChI is InChI=1S/C15H21FN2O3/c1-2-17-13-4-6-14(7-5-13)21-10-11-9-12(16)3-8-15(11)18(19)20/h3,8-9,13-14,17H,2,4-7,10H2,1H3. The lowest BCUT2D eigenvalue weighted by Crippen LogP contribution is -2.35. The first-order valence-corrected chi connectivity index (χ1v) is 7.38. The summed E-state index contributed by atoms with van der Waals surface area (Å²) < 4.78 is 19.0. The van der Waals surface area contributed by atoms with E-state index in [2.05, 4.69) is 12.2 Å². The van der Waals surface area contributed by atoms with Crippen molar-refractivity contribution in [3.8, 4) is 0 Å². The monoisotopic (exact) mass is 296 g/mol. The van der Waals surface area contributed by atoms with Gasteiger partial charge in [0.15, 0.2) is 0 Å². The fourth-order valence-corrected chi connectivity index (χ4v) is 2.78. The molecule has 1 aliphatic carbocycles. The summed E-state index contributed by atoms with van der Waals surface area (Å²) in [5, 5.41) is 14.3. The smallest absolute Gasteiger partial charge is 0.275 e. The van der Waals surface area contributed by atoms with E-state index in [4.69, 9.17) is 4.74 Å². The van der Waals surface area contributed by atoms with Crippen LogP contribution in [0.2, 0.25) is 0 Å². The van der Waals surface area contributed by atoms with E-state index in [0.29, 0.717) is 11.6 Å². The minimum atomic E-state index is -0.500. The molecule has 0 bridgehead atoms. The molecule has 0 aromatic heterocycles. The van der Waals surface area contributed by atoms with Crippen molar-refractivity contribution in [2.24, 2.45) is 0 Å². The molecule has 116 valence electrons. The molecule has 1 N–H and O–H groups in total. The van der Waals surface area contributed by atoms with Gasteiger partial charge < -0.3 is 10.1 Å². The Bertz CT molecular complexity index is 488. The Labute approximate surface area is 123 Å². The number of nitrogens with one attached hydrogen (secondary N) is 1. The van der Waals surface area contributed by atoms with Crippen LogP contribution in [0, 0.1) is 15.9 Å². The minimum absolute atomic E-state index is 0.0854. The molecule has 1 aromatic rings. The highest BCUT2D eigenvalue weighted by Gasteiger charge is 2.22. The van der Waals surface area contributed by atoms with Crippen LogP contribution >= 0.6 is 0 Å². The van der Waals surface area contributed by atoms with Gasteiger partial charge in [0.05, 0.1) is 23.2 Å². The van der Waals surface area contributed by atoms with E-state index in [1.54, 1.807) is 0 Å². The molecule has 0 unspecified atom stereocenters. The molecule has 1 saturated carbocycles. The first kappa shape index (κ1) is 15.9. The number of ether oxygens (including phenoxy) is 1. The van der Waals surface area contributed by atoms with Gasteiger partial charge in [-0.2, -0.15) is 0 Å². The molecule has 0 spiro atoms. The minimum Gasteiger partial charge on any atom is -0.373 e. The third kappa shape index (κ3) is 4.47. The van der Waals surface area contributed by atoms with E-state index in [1.165, 1.54) is 12.1 Å². The lowest BCUT2D eigenvalue weighted by Gasteiger charge is -2.29. The summed E-state index contributed by atoms with van der Waals surface area (Å²) in [5.74, 6) is -0.477. The summed E-state index contributed by atoms with van der Waals surface area (Å²) in [5.41, 5.74) is 0.214. The summed E-state index contributed by atoms with van der Waals surface area (Å²) in [6.07, 6.45) is 4.05. The molecule has 1 fully saturated rings. The van der Waals surface area contributed by atoms with Gasteiger partial charge in [-0.05, 0) is 44.4 Å². The second kappa shape index (κ2) is 7.47. The van der Waals surface area contributed by atoms with Gasteiger partial charge in [0, 0.05) is 12.1 Å². The molecule has 6 heteroatoms. The molecule has 0 radical (unpaired) electrons. The molecule has 0 amide bonds. The van der Waals surface area contributed by atoms with E-state index in [-0.39, 0.29) is 18.4 Å². The fraction of sp³-hybridized carbons (Fsp3) is 0.600. The summed E-state index contributed by atoms with van der Waals surface area (Å²) in [6.45, 7) is 3.14. The molecule has 1 aromatic carbocycles. The van der Waals surface area contributed by atoms with Crippen molar-refractivity contribution in [3.63, 3.8) is 0 Å². The van der Waals surface area contributed by atoms with E-state index in [0.717, 1.165) is 38.3 Å². The largest absolute Gasteiger partial charge is 0.373 e. The molecule has 0 aliphatic heterocycles. The van der Waals surface area contributed by atoms with Gasteiger partial charge in [-0.25, -0.2) is 4.39 Å². The zero-order valence-electron chi connectivity index (χ0n) is 12.2. The summed E-state index contributed by atoms with van der Waals surface area (Å²) in [7, 11) is 0. The van der Waals surface area contributed by atoms with Crippen molar-refractivity contribution in [2.75, 3.05) is 6.54 Å². The number of hydrogen-bond donors (Lipinski definition) is 1. The van der Waals surface area contributed by atoms with Crippen LogP contribution in [0.5, 0.6) is 0 Å². The van der Waals surface area contributed by atoms with Crippen LogP contribution in [0.15, 0.2) is 18.2 Å². The molecule has 0 saturated heterocycles. The normalized spacial score (nSPS) is 22.2. The van der Waals surface area contributed by atoms with Gasteiger partial charge >= 0.3 is 0 Å². The van der Waals surface area contributed by atoms with Crippen LogP contribution in [0.3, 0.4) is 0 Å². The Balaban J connectivity index is 1.89. The summed E-state index contributed by atoms with van der Waals surface area (Å²) >= 11 is 0. The Morgan fingerprint density at radius 1 is 1.38 bits per heavy atom. The van der Waals surface area contributed by atoms with Gasteiger partial charge in [-0.3, -0.25) is 10.1 Å². The van der Waals surface area contributed by atoms with Crippen LogP contribution in [0.1, 0.15) is 38.2 Å². The molecular weight excluding hydrogens is 275 g/mol. The molecule has 5 nitrogen and oxygen atoms in total. The molecule has 2 rings (SSSR count). The molecule has 21 heavy (non-hydrogen) atoms. The number of hydrogen-bond acceptors (Lipinski definition) is 4. The first-order chi connectivity index (χ1) is 10.1. The molecule has 0 atom stereocenters. The predicted octanol–water partition coefficient (Wildman–Crippen LogP) is 3.17. The van der Waals surface area contributed by atoms with E-state index in [1.807, 2.05) is 0 Å². The zero-order valence-corrected chi connectivity index (χ0v) is 12.2. The van der Waals surface area contributed by atoms with Crippen molar-refractivity contribution in [2.45, 2.75) is 51.4 Å². The van der Waals surface area contributed by atoms with E-state index < -0.39 is 10.7 Å². The maximum absolute atomic E-state index is 13.2. The fourth-order valence-electron chi connectivity index (χ4n) is 2.78. The van der Waals surface area contributed by atoms with E-state index >= 15 is 0 Å². The highest BCUT2D eigenvalue weighted by molar-refractivity contribution is 5.39.